The van der Waals surface area contributed by atoms with Crippen molar-refractivity contribution in [2.45, 2.75) is 52.4 Å². The molecule has 29 heavy (non-hydrogen) atoms. The average Bonchev–Trinajstić information content (AvgIpc) is 3.37. The van der Waals surface area contributed by atoms with Gasteiger partial charge in [0.05, 0.1) is 17.0 Å². The lowest BCUT2D eigenvalue weighted by Crippen LogP contribution is -2.38. The summed E-state index contributed by atoms with van der Waals surface area (Å²) in [5, 5.41) is 11.2. The van der Waals surface area contributed by atoms with Crippen LogP contribution >= 0.6 is 0 Å². The molecule has 8 heteroatoms. The molecule has 0 atom stereocenters. The van der Waals surface area contributed by atoms with Crippen LogP contribution in [0.3, 0.4) is 0 Å². The molecule has 1 fully saturated rings. The summed E-state index contributed by atoms with van der Waals surface area (Å²) in [5.41, 5.74) is 4.15. The highest BCUT2D eigenvalue weighted by atomic mass is 16.5. The van der Waals surface area contributed by atoms with Gasteiger partial charge in [0, 0.05) is 37.0 Å². The lowest BCUT2D eigenvalue weighted by atomic mass is 9.90. The molecule has 1 amide bonds. The van der Waals surface area contributed by atoms with Crippen LogP contribution in [0.5, 0.6) is 0 Å². The third kappa shape index (κ3) is 3.92. The van der Waals surface area contributed by atoms with Gasteiger partial charge < -0.3 is 9.42 Å². The van der Waals surface area contributed by atoms with Gasteiger partial charge in [-0.1, -0.05) is 19.0 Å². The topological polar surface area (TPSA) is 101 Å². The number of likely N-dealkylation sites (tertiary alicyclic amines) is 1. The molecule has 1 N–H and O–H groups in total. The van der Waals surface area contributed by atoms with Crippen molar-refractivity contribution >= 4 is 5.91 Å². The molecule has 152 valence electrons. The Labute approximate surface area is 169 Å². The molecule has 3 aromatic heterocycles. The van der Waals surface area contributed by atoms with Crippen molar-refractivity contribution in [3.63, 3.8) is 0 Å². The van der Waals surface area contributed by atoms with Crippen molar-refractivity contribution in [3.05, 3.63) is 46.9 Å². The van der Waals surface area contributed by atoms with Gasteiger partial charge in [-0.15, -0.1) is 0 Å². The zero-order chi connectivity index (χ0) is 20.5. The third-order valence-corrected chi connectivity index (χ3v) is 5.44. The second-order valence-electron chi connectivity index (χ2n) is 7.98. The minimum absolute atomic E-state index is 0.0171. The Morgan fingerprint density at radius 3 is 2.62 bits per heavy atom. The van der Waals surface area contributed by atoms with E-state index < -0.39 is 0 Å². The van der Waals surface area contributed by atoms with Crippen LogP contribution in [0.15, 0.2) is 22.9 Å². The molecule has 0 aromatic carbocycles. The summed E-state index contributed by atoms with van der Waals surface area (Å²) in [4.78, 5) is 23.8. The molecule has 3 aromatic rings. The van der Waals surface area contributed by atoms with Gasteiger partial charge in [0.1, 0.15) is 11.5 Å². The number of hydrogen-bond acceptors (Lipinski definition) is 6. The summed E-state index contributed by atoms with van der Waals surface area (Å²) in [6, 6.07) is 3.76. The molecule has 0 spiro atoms. The molecule has 8 nitrogen and oxygen atoms in total. The molecule has 1 saturated heterocycles. The number of aromatic nitrogens is 5. The maximum Gasteiger partial charge on any atom is 0.274 e. The van der Waals surface area contributed by atoms with Gasteiger partial charge in [-0.2, -0.15) is 5.10 Å². The molecule has 0 unspecified atom stereocenters. The predicted molar refractivity (Wildman–Crippen MR) is 108 cm³/mol. The van der Waals surface area contributed by atoms with Crippen LogP contribution in [-0.2, 0) is 0 Å². The second-order valence-corrected chi connectivity index (χ2v) is 7.98. The Bertz CT molecular complexity index is 1010. The minimum atomic E-state index is -0.0171. The van der Waals surface area contributed by atoms with Gasteiger partial charge in [0.25, 0.3) is 5.91 Å². The van der Waals surface area contributed by atoms with Crippen molar-refractivity contribution in [2.24, 2.45) is 0 Å². The molecule has 1 aliphatic heterocycles. The zero-order valence-electron chi connectivity index (χ0n) is 17.3. The number of carbonyl (C=O) groups excluding carboxylic acids is 1. The molecular formula is C21H26N6O2. The van der Waals surface area contributed by atoms with E-state index in [1.54, 1.807) is 0 Å². The molecule has 4 rings (SSSR count). The third-order valence-electron chi connectivity index (χ3n) is 5.44. The van der Waals surface area contributed by atoms with E-state index in [-0.39, 0.29) is 11.8 Å². The van der Waals surface area contributed by atoms with Crippen LogP contribution in [0.4, 0.5) is 0 Å². The number of piperidine rings is 1. The van der Waals surface area contributed by atoms with E-state index in [1.807, 2.05) is 37.1 Å². The normalized spacial score (nSPS) is 15.3. The maximum absolute atomic E-state index is 12.8. The number of aromatic amines is 1. The van der Waals surface area contributed by atoms with Crippen LogP contribution in [0.1, 0.15) is 71.9 Å². The van der Waals surface area contributed by atoms with E-state index in [0.29, 0.717) is 30.5 Å². The summed E-state index contributed by atoms with van der Waals surface area (Å²) in [5.74, 6) is 1.96. The number of carbonyl (C=O) groups is 1. The van der Waals surface area contributed by atoms with Crippen LogP contribution in [0.25, 0.3) is 11.3 Å². The van der Waals surface area contributed by atoms with Gasteiger partial charge in [-0.3, -0.25) is 9.89 Å². The average molecular weight is 394 g/mol. The molecule has 1 aliphatic rings. The summed E-state index contributed by atoms with van der Waals surface area (Å²) in [7, 11) is 0. The molecule has 0 saturated carbocycles. The Hall–Kier alpha value is -3.03. The number of rotatable bonds is 4. The summed E-state index contributed by atoms with van der Waals surface area (Å²) in [6.45, 7) is 9.28. The predicted octanol–water partition coefficient (Wildman–Crippen LogP) is 3.61. The first kappa shape index (κ1) is 19.3. The Kier molecular flexibility index (Phi) is 5.17. The first-order valence-electron chi connectivity index (χ1n) is 10.0. The molecule has 0 radical (unpaired) electrons. The maximum atomic E-state index is 12.8. The summed E-state index contributed by atoms with van der Waals surface area (Å²) >= 11 is 0. The highest BCUT2D eigenvalue weighted by Gasteiger charge is 2.29. The van der Waals surface area contributed by atoms with Crippen LogP contribution in [0.2, 0.25) is 0 Å². The van der Waals surface area contributed by atoms with Gasteiger partial charge in [0.15, 0.2) is 5.76 Å². The number of H-pyrrole nitrogens is 1. The number of nitrogens with one attached hydrogen (secondary N) is 1. The number of nitrogens with zero attached hydrogens (tertiary/aromatic N) is 5. The molecule has 0 aliphatic carbocycles. The lowest BCUT2D eigenvalue weighted by Gasteiger charge is -2.31. The fraction of sp³-hybridized carbons (Fsp3) is 0.476. The van der Waals surface area contributed by atoms with E-state index in [4.69, 9.17) is 9.51 Å². The SMILES string of the molecule is Cc1cc(-c2cnc(C)nc2C2CCN(C(=O)c3cc(C(C)C)[nH]n3)CC2)on1. The van der Waals surface area contributed by atoms with Crippen LogP contribution in [-0.4, -0.2) is 49.2 Å². The Morgan fingerprint density at radius 1 is 1.24 bits per heavy atom. The van der Waals surface area contributed by atoms with E-state index in [2.05, 4.69) is 34.2 Å². The first-order valence-corrected chi connectivity index (χ1v) is 10.0. The van der Waals surface area contributed by atoms with E-state index in [1.165, 1.54) is 0 Å². The fourth-order valence-electron chi connectivity index (χ4n) is 3.74. The van der Waals surface area contributed by atoms with Gasteiger partial charge in [-0.25, -0.2) is 9.97 Å². The number of aryl methyl sites for hydroxylation is 2. The van der Waals surface area contributed by atoms with E-state index >= 15 is 0 Å². The second kappa shape index (κ2) is 7.77. The van der Waals surface area contributed by atoms with Crippen molar-refractivity contribution in [2.75, 3.05) is 13.1 Å². The minimum Gasteiger partial charge on any atom is -0.356 e. The Balaban J connectivity index is 1.50. The van der Waals surface area contributed by atoms with Gasteiger partial charge in [0.2, 0.25) is 0 Å². The fourth-order valence-corrected chi connectivity index (χ4v) is 3.74. The first-order chi connectivity index (χ1) is 13.9. The van der Waals surface area contributed by atoms with E-state index in [0.717, 1.165) is 41.3 Å². The van der Waals surface area contributed by atoms with Gasteiger partial charge in [-0.05, 0) is 38.7 Å². The molecule has 0 bridgehead atoms. The summed E-state index contributed by atoms with van der Waals surface area (Å²) in [6.07, 6.45) is 3.49. The van der Waals surface area contributed by atoms with Crippen molar-refractivity contribution in [1.82, 2.24) is 30.2 Å². The zero-order valence-corrected chi connectivity index (χ0v) is 17.3. The van der Waals surface area contributed by atoms with Crippen LogP contribution < -0.4 is 0 Å². The monoisotopic (exact) mass is 394 g/mol. The van der Waals surface area contributed by atoms with Crippen LogP contribution in [0, 0.1) is 13.8 Å². The quantitative estimate of drug-likeness (QED) is 0.725. The summed E-state index contributed by atoms with van der Waals surface area (Å²) < 4.78 is 5.45. The smallest absolute Gasteiger partial charge is 0.274 e. The molecular weight excluding hydrogens is 368 g/mol. The molecule has 4 heterocycles. The Morgan fingerprint density at radius 2 is 2.00 bits per heavy atom. The lowest BCUT2D eigenvalue weighted by molar-refractivity contribution is 0.0706. The highest BCUT2D eigenvalue weighted by Crippen LogP contribution is 2.34. The van der Waals surface area contributed by atoms with E-state index in [9.17, 15) is 4.79 Å². The standard InChI is InChI=1S/C21H26N6O2/c1-12(2)17-10-18(25-24-17)21(28)27-7-5-15(6-8-27)20-16(11-22-14(4)23-20)19-9-13(3)26-29-19/h9-12,15H,5-8H2,1-4H3,(H,24,25). The number of hydrogen-bond donors (Lipinski definition) is 1. The van der Waals surface area contributed by atoms with Crippen molar-refractivity contribution in [1.29, 1.82) is 0 Å². The largest absolute Gasteiger partial charge is 0.356 e. The number of amides is 1. The van der Waals surface area contributed by atoms with Crippen molar-refractivity contribution < 1.29 is 9.32 Å². The highest BCUT2D eigenvalue weighted by molar-refractivity contribution is 5.92. The van der Waals surface area contributed by atoms with Crippen molar-refractivity contribution in [3.8, 4) is 11.3 Å². The van der Waals surface area contributed by atoms with Gasteiger partial charge >= 0.3 is 0 Å².